The lowest BCUT2D eigenvalue weighted by atomic mass is 10.1. The summed E-state index contributed by atoms with van der Waals surface area (Å²) in [6, 6.07) is 3.78. The molecule has 2 rings (SSSR count). The van der Waals surface area contributed by atoms with Gasteiger partial charge in [-0.15, -0.1) is 10.2 Å². The van der Waals surface area contributed by atoms with Crippen molar-refractivity contribution in [2.45, 2.75) is 17.8 Å². The Morgan fingerprint density at radius 2 is 2.16 bits per heavy atom. The molecule has 100 valence electrons. The highest BCUT2D eigenvalue weighted by Gasteiger charge is 2.09. The second kappa shape index (κ2) is 5.40. The molecule has 0 aliphatic carbocycles. The van der Waals surface area contributed by atoms with Crippen LogP contribution in [0.5, 0.6) is 0 Å². The van der Waals surface area contributed by atoms with E-state index in [9.17, 15) is 9.18 Å². The maximum Gasteiger partial charge on any atom is 0.335 e. The third-order valence-electron chi connectivity index (χ3n) is 2.63. The maximum atomic E-state index is 13.3. The van der Waals surface area contributed by atoms with Gasteiger partial charge in [-0.25, -0.2) is 9.18 Å². The van der Waals surface area contributed by atoms with Crippen LogP contribution >= 0.6 is 11.8 Å². The van der Waals surface area contributed by atoms with Crippen LogP contribution in [0.4, 0.5) is 4.39 Å². The molecule has 0 amide bonds. The van der Waals surface area contributed by atoms with Crippen molar-refractivity contribution in [1.82, 2.24) is 14.8 Å². The predicted octanol–water partition coefficient (Wildman–Crippen LogP) is 2.25. The summed E-state index contributed by atoms with van der Waals surface area (Å²) in [6.45, 7) is 1.84. The van der Waals surface area contributed by atoms with E-state index in [0.29, 0.717) is 16.5 Å². The van der Waals surface area contributed by atoms with Gasteiger partial charge in [-0.05, 0) is 30.7 Å². The van der Waals surface area contributed by atoms with Crippen LogP contribution in [0.3, 0.4) is 0 Å². The molecule has 1 aromatic carbocycles. The second-order valence-corrected chi connectivity index (χ2v) is 4.97. The van der Waals surface area contributed by atoms with Crippen LogP contribution in [0, 0.1) is 12.7 Å². The van der Waals surface area contributed by atoms with Crippen molar-refractivity contribution in [1.29, 1.82) is 0 Å². The molecule has 0 radical (unpaired) electrons. The molecule has 0 bridgehead atoms. The zero-order chi connectivity index (χ0) is 14.0. The number of nitrogens with zero attached hydrogens (tertiary/aromatic N) is 3. The molecular formula is C12H12FN3O2S. The minimum atomic E-state index is -1.14. The first-order chi connectivity index (χ1) is 8.97. The summed E-state index contributed by atoms with van der Waals surface area (Å²) in [5.74, 6) is -0.470. The molecule has 1 aromatic heterocycles. The smallest absolute Gasteiger partial charge is 0.335 e. The first-order valence-electron chi connectivity index (χ1n) is 5.49. The van der Waals surface area contributed by atoms with E-state index < -0.39 is 11.8 Å². The minimum absolute atomic E-state index is 0.0512. The van der Waals surface area contributed by atoms with E-state index in [4.69, 9.17) is 5.11 Å². The van der Waals surface area contributed by atoms with Gasteiger partial charge in [0.15, 0.2) is 5.16 Å². The molecule has 0 unspecified atom stereocenters. The zero-order valence-electron chi connectivity index (χ0n) is 10.4. The van der Waals surface area contributed by atoms with Crippen LogP contribution in [0.1, 0.15) is 21.7 Å². The lowest BCUT2D eigenvalue weighted by molar-refractivity contribution is 0.0696. The molecule has 19 heavy (non-hydrogen) atoms. The fourth-order valence-corrected chi connectivity index (χ4v) is 2.41. The number of aromatic nitrogens is 3. The van der Waals surface area contributed by atoms with Gasteiger partial charge in [-0.3, -0.25) is 0 Å². The Labute approximate surface area is 113 Å². The maximum absolute atomic E-state index is 13.3. The van der Waals surface area contributed by atoms with Gasteiger partial charge in [0.2, 0.25) is 0 Å². The van der Waals surface area contributed by atoms with E-state index in [0.717, 1.165) is 11.9 Å². The summed E-state index contributed by atoms with van der Waals surface area (Å²) in [6.07, 6.45) is 0. The van der Waals surface area contributed by atoms with Crippen molar-refractivity contribution in [2.75, 3.05) is 0 Å². The minimum Gasteiger partial charge on any atom is -0.478 e. The van der Waals surface area contributed by atoms with Gasteiger partial charge in [0.25, 0.3) is 0 Å². The Morgan fingerprint density at radius 1 is 1.42 bits per heavy atom. The van der Waals surface area contributed by atoms with Crippen LogP contribution in [-0.4, -0.2) is 25.8 Å². The van der Waals surface area contributed by atoms with Gasteiger partial charge in [-0.1, -0.05) is 11.8 Å². The average molecular weight is 281 g/mol. The number of hydrogen-bond donors (Lipinski definition) is 1. The highest BCUT2D eigenvalue weighted by atomic mass is 32.2. The number of thioether (sulfide) groups is 1. The van der Waals surface area contributed by atoms with Crippen molar-refractivity contribution in [2.24, 2.45) is 7.05 Å². The second-order valence-electron chi connectivity index (χ2n) is 4.03. The van der Waals surface area contributed by atoms with E-state index in [1.807, 2.05) is 18.5 Å². The fraction of sp³-hybridized carbons (Fsp3) is 0.250. The van der Waals surface area contributed by atoms with Gasteiger partial charge >= 0.3 is 5.97 Å². The van der Waals surface area contributed by atoms with E-state index in [1.54, 1.807) is 0 Å². The molecule has 0 saturated heterocycles. The van der Waals surface area contributed by atoms with Crippen LogP contribution in [0.15, 0.2) is 23.4 Å². The van der Waals surface area contributed by atoms with Gasteiger partial charge in [0.1, 0.15) is 11.6 Å². The Balaban J connectivity index is 2.15. The largest absolute Gasteiger partial charge is 0.478 e. The number of halogens is 1. The number of rotatable bonds is 4. The van der Waals surface area contributed by atoms with Gasteiger partial charge in [-0.2, -0.15) is 0 Å². The van der Waals surface area contributed by atoms with Crippen LogP contribution in [0.2, 0.25) is 0 Å². The third kappa shape index (κ3) is 3.11. The molecule has 2 aromatic rings. The summed E-state index contributed by atoms with van der Waals surface area (Å²) in [5, 5.41) is 17.5. The molecule has 0 aliphatic rings. The number of carboxylic acids is 1. The number of carbonyl (C=O) groups is 1. The number of carboxylic acid groups (broad SMARTS) is 1. The van der Waals surface area contributed by atoms with Gasteiger partial charge in [0.05, 0.1) is 5.56 Å². The fourth-order valence-electron chi connectivity index (χ4n) is 1.52. The topological polar surface area (TPSA) is 68.0 Å². The summed E-state index contributed by atoms with van der Waals surface area (Å²) in [5.41, 5.74) is 0.549. The summed E-state index contributed by atoms with van der Waals surface area (Å²) in [4.78, 5) is 10.8. The molecule has 1 heterocycles. The summed E-state index contributed by atoms with van der Waals surface area (Å²) in [7, 11) is 1.84. The number of aromatic carboxylic acids is 1. The van der Waals surface area contributed by atoms with E-state index >= 15 is 0 Å². The molecule has 0 fully saturated rings. The number of aryl methyl sites for hydroxylation is 1. The van der Waals surface area contributed by atoms with E-state index in [-0.39, 0.29) is 5.56 Å². The van der Waals surface area contributed by atoms with Gasteiger partial charge < -0.3 is 9.67 Å². The Hall–Kier alpha value is -1.89. The van der Waals surface area contributed by atoms with Crippen molar-refractivity contribution in [3.63, 3.8) is 0 Å². The van der Waals surface area contributed by atoms with Crippen LogP contribution in [-0.2, 0) is 12.8 Å². The van der Waals surface area contributed by atoms with Crippen molar-refractivity contribution in [3.8, 4) is 0 Å². The first kappa shape index (κ1) is 13.5. The summed E-state index contributed by atoms with van der Waals surface area (Å²) < 4.78 is 15.1. The Bertz CT molecular complexity index is 627. The van der Waals surface area contributed by atoms with Gasteiger partial charge in [0, 0.05) is 12.8 Å². The highest BCUT2D eigenvalue weighted by molar-refractivity contribution is 7.98. The number of benzene rings is 1. The molecule has 7 heteroatoms. The molecule has 0 spiro atoms. The van der Waals surface area contributed by atoms with E-state index in [1.165, 1.54) is 23.9 Å². The lowest BCUT2D eigenvalue weighted by Gasteiger charge is -2.04. The van der Waals surface area contributed by atoms with E-state index in [2.05, 4.69) is 10.2 Å². The van der Waals surface area contributed by atoms with Crippen LogP contribution in [0.25, 0.3) is 0 Å². The van der Waals surface area contributed by atoms with Crippen molar-refractivity contribution < 1.29 is 14.3 Å². The molecule has 0 aliphatic heterocycles. The normalized spacial score (nSPS) is 10.7. The quantitative estimate of drug-likeness (QED) is 0.871. The van der Waals surface area contributed by atoms with Crippen molar-refractivity contribution >= 4 is 17.7 Å². The summed E-state index contributed by atoms with van der Waals surface area (Å²) >= 11 is 1.38. The Kier molecular flexibility index (Phi) is 3.84. The lowest BCUT2D eigenvalue weighted by Crippen LogP contribution is -1.99. The SMILES string of the molecule is Cc1nnc(SCc2cc(F)cc(C(=O)O)c2)n1C. The number of hydrogen-bond acceptors (Lipinski definition) is 4. The monoisotopic (exact) mass is 281 g/mol. The molecular weight excluding hydrogens is 269 g/mol. The average Bonchev–Trinajstić information content (AvgIpc) is 2.67. The zero-order valence-corrected chi connectivity index (χ0v) is 11.2. The molecule has 5 nitrogen and oxygen atoms in total. The molecule has 0 saturated carbocycles. The first-order valence-corrected chi connectivity index (χ1v) is 6.47. The highest BCUT2D eigenvalue weighted by Crippen LogP contribution is 2.22. The predicted molar refractivity (Wildman–Crippen MR) is 68.7 cm³/mol. The third-order valence-corrected chi connectivity index (χ3v) is 3.72. The van der Waals surface area contributed by atoms with Crippen LogP contribution < -0.4 is 0 Å². The Morgan fingerprint density at radius 3 is 2.74 bits per heavy atom. The molecule has 0 atom stereocenters. The molecule has 1 N–H and O–H groups in total. The van der Waals surface area contributed by atoms with Crippen molar-refractivity contribution in [3.05, 3.63) is 41.0 Å². The standard InChI is InChI=1S/C12H12FN3O2S/c1-7-14-15-12(16(7)2)19-6-8-3-9(11(17)18)5-10(13)4-8/h3-5H,6H2,1-2H3,(H,17,18).